The molecule has 1 aliphatic heterocycles. The maximum atomic E-state index is 12.9. The van der Waals surface area contributed by atoms with Crippen LogP contribution in [0.2, 0.25) is 0 Å². The first-order valence-corrected chi connectivity index (χ1v) is 12.3. The highest BCUT2D eigenvalue weighted by Crippen LogP contribution is 2.26. The summed E-state index contributed by atoms with van der Waals surface area (Å²) in [7, 11) is 1.68. The zero-order valence-corrected chi connectivity index (χ0v) is 20.0. The Morgan fingerprint density at radius 1 is 1.06 bits per heavy atom. The third kappa shape index (κ3) is 5.21. The molecule has 2 heterocycles. The first-order chi connectivity index (χ1) is 15.5. The summed E-state index contributed by atoms with van der Waals surface area (Å²) in [5.74, 6) is 2.09. The van der Waals surface area contributed by atoms with Gasteiger partial charge in [0, 0.05) is 38.4 Å². The molecule has 32 heavy (non-hydrogen) atoms. The number of aryl methyl sites for hydroxylation is 1. The quantitative estimate of drug-likeness (QED) is 0.470. The minimum atomic E-state index is 0.187. The highest BCUT2D eigenvalue weighted by molar-refractivity contribution is 7.99. The van der Waals surface area contributed by atoms with E-state index in [1.54, 1.807) is 18.9 Å². The number of carbonyl (C=O) groups is 1. The van der Waals surface area contributed by atoms with E-state index in [9.17, 15) is 4.79 Å². The second-order valence-corrected chi connectivity index (χ2v) is 9.51. The number of para-hydroxylation sites is 2. The van der Waals surface area contributed by atoms with Crippen LogP contribution in [-0.2, 0) is 11.3 Å². The summed E-state index contributed by atoms with van der Waals surface area (Å²) in [5, 5.41) is 0.942. The number of aromatic nitrogens is 2. The monoisotopic (exact) mass is 452 g/mol. The molecule has 1 aromatic heterocycles. The number of hydrogen-bond donors (Lipinski definition) is 0. The third-order valence-electron chi connectivity index (χ3n) is 5.94. The zero-order chi connectivity index (χ0) is 22.5. The van der Waals surface area contributed by atoms with Crippen LogP contribution in [0.4, 0.5) is 5.69 Å². The minimum absolute atomic E-state index is 0.187. The maximum absolute atomic E-state index is 12.9. The van der Waals surface area contributed by atoms with Crippen LogP contribution in [0.15, 0.2) is 53.7 Å². The van der Waals surface area contributed by atoms with Crippen molar-refractivity contribution < 1.29 is 9.53 Å². The summed E-state index contributed by atoms with van der Waals surface area (Å²) in [4.78, 5) is 22.0. The molecule has 3 aromatic rings. The van der Waals surface area contributed by atoms with Crippen LogP contribution in [0.25, 0.3) is 11.0 Å². The highest BCUT2D eigenvalue weighted by atomic mass is 32.2. The number of carbonyl (C=O) groups excluding carboxylic acids is 1. The summed E-state index contributed by atoms with van der Waals surface area (Å²) >= 11 is 1.56. The number of ether oxygens (including phenoxy) is 1. The van der Waals surface area contributed by atoms with E-state index in [1.165, 1.54) is 5.69 Å². The van der Waals surface area contributed by atoms with Gasteiger partial charge < -0.3 is 19.1 Å². The molecular formula is C25H32N4O2S. The lowest BCUT2D eigenvalue weighted by Crippen LogP contribution is -2.49. The number of methoxy groups -OCH3 is 1. The smallest absolute Gasteiger partial charge is 0.233 e. The van der Waals surface area contributed by atoms with Gasteiger partial charge in [0.1, 0.15) is 5.75 Å². The second kappa shape index (κ2) is 10.3. The van der Waals surface area contributed by atoms with Gasteiger partial charge in [0.05, 0.1) is 23.9 Å². The average Bonchev–Trinajstić information content (AvgIpc) is 3.18. The standard InChI is InChI=1S/C25H32N4O2S/c1-19(2)12-13-29-23-7-5-4-6-22(23)26-25(29)32-18-24(30)28-16-14-27(15-17-28)20-8-10-21(31-3)11-9-20/h4-11,19H,12-18H2,1-3H3. The van der Waals surface area contributed by atoms with Gasteiger partial charge >= 0.3 is 0 Å². The number of rotatable bonds is 8. The van der Waals surface area contributed by atoms with Crippen molar-refractivity contribution in [2.75, 3.05) is 43.9 Å². The molecule has 6 nitrogen and oxygen atoms in total. The fourth-order valence-electron chi connectivity index (χ4n) is 3.99. The molecule has 1 amide bonds. The number of thioether (sulfide) groups is 1. The number of fused-ring (bicyclic) bond motifs is 1. The molecule has 0 spiro atoms. The molecule has 1 saturated heterocycles. The Labute approximate surface area is 194 Å². The Morgan fingerprint density at radius 3 is 2.47 bits per heavy atom. The number of hydrogen-bond acceptors (Lipinski definition) is 5. The molecule has 1 aliphatic rings. The number of benzene rings is 2. The predicted octanol–water partition coefficient (Wildman–Crippen LogP) is 4.53. The molecule has 4 rings (SSSR count). The van der Waals surface area contributed by atoms with E-state index in [0.29, 0.717) is 11.7 Å². The van der Waals surface area contributed by atoms with Crippen molar-refractivity contribution in [2.45, 2.75) is 32.0 Å². The van der Waals surface area contributed by atoms with Crippen molar-refractivity contribution in [3.05, 3.63) is 48.5 Å². The third-order valence-corrected chi connectivity index (χ3v) is 6.91. The van der Waals surface area contributed by atoms with Crippen molar-refractivity contribution in [3.63, 3.8) is 0 Å². The van der Waals surface area contributed by atoms with E-state index in [1.807, 2.05) is 29.2 Å². The Morgan fingerprint density at radius 2 is 1.78 bits per heavy atom. The van der Waals surface area contributed by atoms with Crippen LogP contribution < -0.4 is 9.64 Å². The Bertz CT molecular complexity index is 1040. The SMILES string of the molecule is COc1ccc(N2CCN(C(=O)CSc3nc4ccccc4n3CCC(C)C)CC2)cc1. The molecule has 0 bridgehead atoms. The molecule has 0 N–H and O–H groups in total. The van der Waals surface area contributed by atoms with Gasteiger partial charge in [0.2, 0.25) is 5.91 Å². The lowest BCUT2D eigenvalue weighted by molar-refractivity contribution is -0.128. The number of piperazine rings is 1. The minimum Gasteiger partial charge on any atom is -0.497 e. The molecule has 1 fully saturated rings. The van der Waals surface area contributed by atoms with Crippen LogP contribution >= 0.6 is 11.8 Å². The fourth-order valence-corrected chi connectivity index (χ4v) is 4.94. The summed E-state index contributed by atoms with van der Waals surface area (Å²) in [6, 6.07) is 16.4. The first-order valence-electron chi connectivity index (χ1n) is 11.3. The normalized spacial score (nSPS) is 14.4. The summed E-state index contributed by atoms with van der Waals surface area (Å²) in [5.41, 5.74) is 3.32. The van der Waals surface area contributed by atoms with Gasteiger partial charge in [-0.05, 0) is 48.7 Å². The molecule has 0 radical (unpaired) electrons. The number of nitrogens with zero attached hydrogens (tertiary/aromatic N) is 4. The van der Waals surface area contributed by atoms with Gasteiger partial charge in [0.25, 0.3) is 0 Å². The highest BCUT2D eigenvalue weighted by Gasteiger charge is 2.22. The molecule has 0 aliphatic carbocycles. The van der Waals surface area contributed by atoms with E-state index in [4.69, 9.17) is 9.72 Å². The zero-order valence-electron chi connectivity index (χ0n) is 19.2. The predicted molar refractivity (Wildman–Crippen MR) is 132 cm³/mol. The van der Waals surface area contributed by atoms with Gasteiger partial charge in [0.15, 0.2) is 5.16 Å². The molecule has 2 aromatic carbocycles. The van der Waals surface area contributed by atoms with Gasteiger partial charge in [-0.3, -0.25) is 4.79 Å². The maximum Gasteiger partial charge on any atom is 0.233 e. The summed E-state index contributed by atoms with van der Waals surface area (Å²) in [6.45, 7) is 8.58. The summed E-state index contributed by atoms with van der Waals surface area (Å²) in [6.07, 6.45) is 1.09. The molecule has 170 valence electrons. The lowest BCUT2D eigenvalue weighted by atomic mass is 10.1. The second-order valence-electron chi connectivity index (χ2n) is 8.57. The molecule has 0 atom stereocenters. The van der Waals surface area contributed by atoms with Crippen LogP contribution in [-0.4, -0.2) is 59.4 Å². The van der Waals surface area contributed by atoms with Crippen molar-refractivity contribution in [3.8, 4) is 5.75 Å². The van der Waals surface area contributed by atoms with E-state index < -0.39 is 0 Å². The molecule has 7 heteroatoms. The van der Waals surface area contributed by atoms with Crippen LogP contribution in [0.3, 0.4) is 0 Å². The largest absolute Gasteiger partial charge is 0.497 e. The van der Waals surface area contributed by atoms with Gasteiger partial charge in [-0.15, -0.1) is 0 Å². The van der Waals surface area contributed by atoms with Crippen LogP contribution in [0, 0.1) is 5.92 Å². The number of anilines is 1. The number of amides is 1. The van der Waals surface area contributed by atoms with Crippen molar-refractivity contribution in [2.24, 2.45) is 5.92 Å². The Balaban J connectivity index is 1.35. The van der Waals surface area contributed by atoms with E-state index in [-0.39, 0.29) is 5.91 Å². The Hall–Kier alpha value is -2.67. The van der Waals surface area contributed by atoms with Gasteiger partial charge in [-0.25, -0.2) is 4.98 Å². The van der Waals surface area contributed by atoms with Crippen LogP contribution in [0.1, 0.15) is 20.3 Å². The van der Waals surface area contributed by atoms with Gasteiger partial charge in [-0.2, -0.15) is 0 Å². The van der Waals surface area contributed by atoms with E-state index in [0.717, 1.165) is 61.1 Å². The van der Waals surface area contributed by atoms with Crippen LogP contribution in [0.5, 0.6) is 5.75 Å². The lowest BCUT2D eigenvalue weighted by Gasteiger charge is -2.36. The average molecular weight is 453 g/mol. The van der Waals surface area contributed by atoms with E-state index in [2.05, 4.69) is 47.6 Å². The van der Waals surface area contributed by atoms with Crippen molar-refractivity contribution in [1.29, 1.82) is 0 Å². The molecule has 0 unspecified atom stereocenters. The Kier molecular flexibility index (Phi) is 7.25. The topological polar surface area (TPSA) is 50.6 Å². The van der Waals surface area contributed by atoms with Crippen molar-refractivity contribution in [1.82, 2.24) is 14.5 Å². The first kappa shape index (κ1) is 22.5. The number of imidazole rings is 1. The molecular weight excluding hydrogens is 420 g/mol. The van der Waals surface area contributed by atoms with Crippen molar-refractivity contribution >= 4 is 34.4 Å². The summed E-state index contributed by atoms with van der Waals surface area (Å²) < 4.78 is 7.51. The van der Waals surface area contributed by atoms with E-state index >= 15 is 0 Å². The molecule has 0 saturated carbocycles. The fraction of sp³-hybridized carbons (Fsp3) is 0.440. The van der Waals surface area contributed by atoms with Gasteiger partial charge in [-0.1, -0.05) is 37.7 Å².